The largest absolute Gasteiger partial charge is 0.306 e. The van der Waals surface area contributed by atoms with Crippen LogP contribution in [-0.2, 0) is 13.1 Å². The van der Waals surface area contributed by atoms with Gasteiger partial charge in [0.1, 0.15) is 0 Å². The Morgan fingerprint density at radius 3 is 2.67 bits per heavy atom. The smallest absolute Gasteiger partial charge is 0.188 e. The molecule has 2 aromatic rings. The minimum absolute atomic E-state index is 0.596. The predicted octanol–water partition coefficient (Wildman–Crippen LogP) is 1.14. The molecule has 15 heavy (non-hydrogen) atoms. The second-order valence-corrected chi connectivity index (χ2v) is 3.49. The zero-order valence-electron chi connectivity index (χ0n) is 7.94. The van der Waals surface area contributed by atoms with Crippen LogP contribution in [-0.4, -0.2) is 20.6 Å². The molecular formula is C9H10ClN5. The van der Waals surface area contributed by atoms with Gasteiger partial charge in [0.25, 0.3) is 0 Å². The lowest BCUT2D eigenvalue weighted by Crippen LogP contribution is -2.13. The zero-order chi connectivity index (χ0) is 10.5. The quantitative estimate of drug-likeness (QED) is 0.816. The number of rotatable bonds is 4. The Morgan fingerprint density at radius 1 is 1.20 bits per heavy atom. The Morgan fingerprint density at radius 2 is 2.00 bits per heavy atom. The third-order valence-corrected chi connectivity index (χ3v) is 2.17. The van der Waals surface area contributed by atoms with E-state index in [1.54, 1.807) is 0 Å². The molecule has 0 atom stereocenters. The van der Waals surface area contributed by atoms with Gasteiger partial charge in [-0.2, -0.15) is 5.21 Å². The Labute approximate surface area is 91.8 Å². The van der Waals surface area contributed by atoms with Gasteiger partial charge in [-0.3, -0.25) is 0 Å². The molecule has 0 saturated carbocycles. The maximum absolute atomic E-state index is 5.77. The number of halogens is 1. The molecule has 0 aliphatic rings. The van der Waals surface area contributed by atoms with E-state index in [0.29, 0.717) is 12.4 Å². The van der Waals surface area contributed by atoms with Crippen LogP contribution in [0.4, 0.5) is 0 Å². The first-order valence-corrected chi connectivity index (χ1v) is 4.90. The van der Waals surface area contributed by atoms with E-state index in [-0.39, 0.29) is 0 Å². The first kappa shape index (κ1) is 10.1. The Balaban J connectivity index is 1.81. The molecule has 0 amide bonds. The minimum Gasteiger partial charge on any atom is -0.306 e. The van der Waals surface area contributed by atoms with Crippen LogP contribution in [0.25, 0.3) is 0 Å². The monoisotopic (exact) mass is 223 g/mol. The molecule has 78 valence electrons. The summed E-state index contributed by atoms with van der Waals surface area (Å²) in [6.07, 6.45) is 0. The van der Waals surface area contributed by atoms with Crippen molar-refractivity contribution in [1.29, 1.82) is 0 Å². The SMILES string of the molecule is Clc1ccc(CNCc2nn[nH]n2)cc1. The van der Waals surface area contributed by atoms with Gasteiger partial charge in [-0.15, -0.1) is 10.2 Å². The number of hydrogen-bond donors (Lipinski definition) is 2. The summed E-state index contributed by atoms with van der Waals surface area (Å²) in [7, 11) is 0. The lowest BCUT2D eigenvalue weighted by molar-refractivity contribution is 0.663. The van der Waals surface area contributed by atoms with Crippen molar-refractivity contribution in [3.05, 3.63) is 40.7 Å². The Kier molecular flexibility index (Phi) is 3.26. The molecule has 0 unspecified atom stereocenters. The normalized spacial score (nSPS) is 10.5. The van der Waals surface area contributed by atoms with Crippen molar-refractivity contribution in [2.24, 2.45) is 0 Å². The van der Waals surface area contributed by atoms with Crippen molar-refractivity contribution in [1.82, 2.24) is 25.9 Å². The van der Waals surface area contributed by atoms with Crippen LogP contribution in [0.5, 0.6) is 0 Å². The second-order valence-electron chi connectivity index (χ2n) is 3.06. The third kappa shape index (κ3) is 3.00. The van der Waals surface area contributed by atoms with Crippen molar-refractivity contribution in [3.8, 4) is 0 Å². The number of benzene rings is 1. The van der Waals surface area contributed by atoms with Crippen LogP contribution < -0.4 is 5.32 Å². The van der Waals surface area contributed by atoms with Gasteiger partial charge in [-0.25, -0.2) is 0 Å². The fourth-order valence-corrected chi connectivity index (χ4v) is 1.30. The lowest BCUT2D eigenvalue weighted by atomic mass is 10.2. The van der Waals surface area contributed by atoms with Crippen molar-refractivity contribution < 1.29 is 0 Å². The van der Waals surface area contributed by atoms with Gasteiger partial charge in [0.2, 0.25) is 0 Å². The van der Waals surface area contributed by atoms with Gasteiger partial charge in [0.15, 0.2) is 5.82 Å². The summed E-state index contributed by atoms with van der Waals surface area (Å²) >= 11 is 5.77. The summed E-state index contributed by atoms with van der Waals surface area (Å²) < 4.78 is 0. The molecule has 0 aliphatic heterocycles. The predicted molar refractivity (Wildman–Crippen MR) is 56.2 cm³/mol. The summed E-state index contributed by atoms with van der Waals surface area (Å²) in [6.45, 7) is 1.35. The Bertz CT molecular complexity index is 397. The van der Waals surface area contributed by atoms with E-state index >= 15 is 0 Å². The molecule has 2 N–H and O–H groups in total. The second kappa shape index (κ2) is 4.86. The van der Waals surface area contributed by atoms with E-state index < -0.39 is 0 Å². The van der Waals surface area contributed by atoms with E-state index in [9.17, 15) is 0 Å². The molecule has 1 aromatic carbocycles. The topological polar surface area (TPSA) is 66.5 Å². The van der Waals surface area contributed by atoms with Gasteiger partial charge >= 0.3 is 0 Å². The summed E-state index contributed by atoms with van der Waals surface area (Å²) in [6, 6.07) is 7.69. The molecular weight excluding hydrogens is 214 g/mol. The third-order valence-electron chi connectivity index (χ3n) is 1.91. The van der Waals surface area contributed by atoms with E-state index in [2.05, 4.69) is 25.9 Å². The van der Waals surface area contributed by atoms with Crippen molar-refractivity contribution in [2.45, 2.75) is 13.1 Å². The maximum atomic E-state index is 5.77. The number of aromatic nitrogens is 4. The molecule has 0 bridgehead atoms. The molecule has 0 fully saturated rings. The summed E-state index contributed by atoms with van der Waals surface area (Å²) in [4.78, 5) is 0. The number of H-pyrrole nitrogens is 1. The highest BCUT2D eigenvalue weighted by atomic mass is 35.5. The molecule has 5 nitrogen and oxygen atoms in total. The molecule has 6 heteroatoms. The van der Waals surface area contributed by atoms with Crippen molar-refractivity contribution >= 4 is 11.6 Å². The van der Waals surface area contributed by atoms with Crippen LogP contribution >= 0.6 is 11.6 Å². The van der Waals surface area contributed by atoms with Gasteiger partial charge in [0, 0.05) is 11.6 Å². The minimum atomic E-state index is 0.596. The van der Waals surface area contributed by atoms with E-state index in [4.69, 9.17) is 11.6 Å². The number of aromatic amines is 1. The number of tetrazole rings is 1. The Hall–Kier alpha value is -1.46. The first-order valence-electron chi connectivity index (χ1n) is 4.52. The molecule has 1 aromatic heterocycles. The van der Waals surface area contributed by atoms with Crippen LogP contribution in [0, 0.1) is 0 Å². The first-order chi connectivity index (χ1) is 7.34. The lowest BCUT2D eigenvalue weighted by Gasteiger charge is -2.01. The fraction of sp³-hybridized carbons (Fsp3) is 0.222. The fourth-order valence-electron chi connectivity index (χ4n) is 1.18. The highest BCUT2D eigenvalue weighted by Crippen LogP contribution is 2.09. The van der Waals surface area contributed by atoms with Crippen LogP contribution in [0.3, 0.4) is 0 Å². The molecule has 2 rings (SSSR count). The van der Waals surface area contributed by atoms with Crippen LogP contribution in [0.2, 0.25) is 5.02 Å². The number of hydrogen-bond acceptors (Lipinski definition) is 4. The van der Waals surface area contributed by atoms with E-state index in [0.717, 1.165) is 11.6 Å². The van der Waals surface area contributed by atoms with Gasteiger partial charge in [-0.05, 0) is 17.7 Å². The number of nitrogens with one attached hydrogen (secondary N) is 2. The van der Waals surface area contributed by atoms with E-state index in [1.165, 1.54) is 5.56 Å². The van der Waals surface area contributed by atoms with Gasteiger partial charge < -0.3 is 5.32 Å². The summed E-state index contributed by atoms with van der Waals surface area (Å²) in [5.41, 5.74) is 1.17. The average molecular weight is 224 g/mol. The molecule has 0 radical (unpaired) electrons. The molecule has 0 spiro atoms. The van der Waals surface area contributed by atoms with Crippen molar-refractivity contribution in [3.63, 3.8) is 0 Å². The van der Waals surface area contributed by atoms with Crippen LogP contribution in [0.15, 0.2) is 24.3 Å². The summed E-state index contributed by atoms with van der Waals surface area (Å²) in [5, 5.41) is 17.5. The highest BCUT2D eigenvalue weighted by molar-refractivity contribution is 6.30. The average Bonchev–Trinajstić information content (AvgIpc) is 2.74. The van der Waals surface area contributed by atoms with E-state index in [1.807, 2.05) is 24.3 Å². The standard InChI is InChI=1S/C9H10ClN5/c10-8-3-1-7(2-4-8)5-11-6-9-12-14-15-13-9/h1-4,11H,5-6H2,(H,12,13,14,15). The molecule has 1 heterocycles. The number of nitrogens with zero attached hydrogens (tertiary/aromatic N) is 3. The molecule has 0 aliphatic carbocycles. The van der Waals surface area contributed by atoms with Gasteiger partial charge in [-0.1, -0.05) is 28.9 Å². The van der Waals surface area contributed by atoms with Crippen molar-refractivity contribution in [2.75, 3.05) is 0 Å². The highest BCUT2D eigenvalue weighted by Gasteiger charge is 1.97. The maximum Gasteiger partial charge on any atom is 0.188 e. The van der Waals surface area contributed by atoms with Crippen LogP contribution in [0.1, 0.15) is 11.4 Å². The molecule has 0 saturated heterocycles. The summed E-state index contributed by atoms with van der Waals surface area (Å²) in [5.74, 6) is 0.656. The van der Waals surface area contributed by atoms with Gasteiger partial charge in [0.05, 0.1) is 6.54 Å². The zero-order valence-corrected chi connectivity index (χ0v) is 8.70.